The Balaban J connectivity index is 1.53. The quantitative estimate of drug-likeness (QED) is 0.734. The van der Waals surface area contributed by atoms with Crippen molar-refractivity contribution < 1.29 is 9.90 Å². The lowest BCUT2D eigenvalue weighted by Crippen LogP contribution is -2.46. The first-order valence-electron chi connectivity index (χ1n) is 9.50. The maximum absolute atomic E-state index is 12.6. The molecule has 27 heavy (non-hydrogen) atoms. The van der Waals surface area contributed by atoms with Gasteiger partial charge >= 0.3 is 0 Å². The predicted molar refractivity (Wildman–Crippen MR) is 112 cm³/mol. The molecule has 1 fully saturated rings. The third-order valence-corrected chi connectivity index (χ3v) is 6.15. The second-order valence-corrected chi connectivity index (χ2v) is 8.01. The van der Waals surface area contributed by atoms with Crippen LogP contribution in [0.4, 0.5) is 5.69 Å². The Bertz CT molecular complexity index is 745. The highest BCUT2D eigenvalue weighted by Gasteiger charge is 2.30. The highest BCUT2D eigenvalue weighted by atomic mass is 32.2. The Labute approximate surface area is 166 Å². The van der Waals surface area contributed by atoms with Crippen molar-refractivity contribution in [2.24, 2.45) is 5.92 Å². The highest BCUT2D eigenvalue weighted by Crippen LogP contribution is 2.31. The molecule has 1 aliphatic heterocycles. The number of nitrogens with one attached hydrogen (secondary N) is 1. The number of amides is 1. The van der Waals surface area contributed by atoms with E-state index in [0.717, 1.165) is 42.1 Å². The lowest BCUT2D eigenvalue weighted by Gasteiger charge is -2.37. The van der Waals surface area contributed by atoms with E-state index in [9.17, 15) is 9.90 Å². The molecule has 0 aliphatic carbocycles. The summed E-state index contributed by atoms with van der Waals surface area (Å²) in [6.45, 7) is 3.61. The van der Waals surface area contributed by atoms with Crippen molar-refractivity contribution >= 4 is 23.4 Å². The van der Waals surface area contributed by atoms with Crippen molar-refractivity contribution in [2.45, 2.75) is 36.8 Å². The lowest BCUT2D eigenvalue weighted by molar-refractivity contribution is -0.121. The van der Waals surface area contributed by atoms with Gasteiger partial charge in [-0.1, -0.05) is 36.4 Å². The molecular weight excluding hydrogens is 356 g/mol. The molecule has 1 heterocycles. The normalized spacial score (nSPS) is 18.0. The SMILES string of the molecule is CSc1cccc(NC(=O)C(C)N2CCC(C(O)c3ccccc3)CC2)c1. The molecule has 2 N–H and O–H groups in total. The fraction of sp³-hybridized carbons (Fsp3) is 0.409. The van der Waals surface area contributed by atoms with Gasteiger partial charge in [-0.2, -0.15) is 0 Å². The Hall–Kier alpha value is -1.82. The van der Waals surface area contributed by atoms with Crippen molar-refractivity contribution in [2.75, 3.05) is 24.7 Å². The molecule has 2 unspecified atom stereocenters. The van der Waals surface area contributed by atoms with Gasteiger partial charge in [0.1, 0.15) is 0 Å². The molecule has 2 atom stereocenters. The monoisotopic (exact) mass is 384 g/mol. The molecule has 3 rings (SSSR count). The van der Waals surface area contributed by atoms with Crippen molar-refractivity contribution in [3.8, 4) is 0 Å². The van der Waals surface area contributed by atoms with Crippen molar-refractivity contribution in [3.63, 3.8) is 0 Å². The second-order valence-electron chi connectivity index (χ2n) is 7.13. The summed E-state index contributed by atoms with van der Waals surface area (Å²) in [6, 6.07) is 17.6. The fourth-order valence-electron chi connectivity index (χ4n) is 3.66. The standard InChI is InChI=1S/C22H28N2O2S/c1-16(22(26)23-19-9-6-10-20(15-19)27-2)24-13-11-18(12-14-24)21(25)17-7-4-3-5-8-17/h3-10,15-16,18,21,25H,11-14H2,1-2H3,(H,23,26). The molecule has 1 aliphatic rings. The zero-order valence-electron chi connectivity index (χ0n) is 16.0. The first-order valence-corrected chi connectivity index (χ1v) is 10.7. The minimum Gasteiger partial charge on any atom is -0.388 e. The van der Waals surface area contributed by atoms with E-state index in [0.29, 0.717) is 0 Å². The highest BCUT2D eigenvalue weighted by molar-refractivity contribution is 7.98. The number of aliphatic hydroxyl groups is 1. The van der Waals surface area contributed by atoms with Gasteiger partial charge in [0, 0.05) is 10.6 Å². The number of likely N-dealkylation sites (tertiary alicyclic amines) is 1. The Kier molecular flexibility index (Phi) is 6.94. The number of aliphatic hydroxyl groups excluding tert-OH is 1. The van der Waals surface area contributed by atoms with E-state index in [1.807, 2.05) is 67.8 Å². The number of piperidine rings is 1. The van der Waals surface area contributed by atoms with Crippen LogP contribution in [0, 0.1) is 5.92 Å². The van der Waals surface area contributed by atoms with E-state index in [1.165, 1.54) is 0 Å². The van der Waals surface area contributed by atoms with Crippen molar-refractivity contribution in [1.29, 1.82) is 0 Å². The summed E-state index contributed by atoms with van der Waals surface area (Å²) in [5, 5.41) is 13.7. The first kappa shape index (κ1) is 19.9. The average molecular weight is 385 g/mol. The summed E-state index contributed by atoms with van der Waals surface area (Å²) in [7, 11) is 0. The summed E-state index contributed by atoms with van der Waals surface area (Å²) in [6.07, 6.45) is 3.40. The second kappa shape index (κ2) is 9.40. The summed E-state index contributed by atoms with van der Waals surface area (Å²) >= 11 is 1.66. The molecule has 0 saturated carbocycles. The first-order chi connectivity index (χ1) is 13.1. The number of nitrogens with zero attached hydrogens (tertiary/aromatic N) is 1. The van der Waals surface area contributed by atoms with E-state index in [1.54, 1.807) is 11.8 Å². The van der Waals surface area contributed by atoms with Crippen LogP contribution in [0.1, 0.15) is 31.4 Å². The maximum Gasteiger partial charge on any atom is 0.241 e. The third-order valence-electron chi connectivity index (χ3n) is 5.43. The Morgan fingerprint density at radius 3 is 2.52 bits per heavy atom. The number of carbonyl (C=O) groups excluding carboxylic acids is 1. The van der Waals surface area contributed by atoms with Crippen LogP contribution in [0.15, 0.2) is 59.5 Å². The minimum absolute atomic E-state index is 0.0234. The molecule has 144 valence electrons. The number of thioether (sulfide) groups is 1. The molecule has 0 spiro atoms. The Morgan fingerprint density at radius 1 is 1.15 bits per heavy atom. The third kappa shape index (κ3) is 5.12. The van der Waals surface area contributed by atoms with Crippen LogP contribution in [-0.4, -0.2) is 41.3 Å². The van der Waals surface area contributed by atoms with Crippen LogP contribution in [0.5, 0.6) is 0 Å². The topological polar surface area (TPSA) is 52.6 Å². The van der Waals surface area contributed by atoms with E-state index in [2.05, 4.69) is 10.2 Å². The van der Waals surface area contributed by atoms with Crippen molar-refractivity contribution in [3.05, 3.63) is 60.2 Å². The largest absolute Gasteiger partial charge is 0.388 e. The van der Waals surface area contributed by atoms with Crippen LogP contribution < -0.4 is 5.32 Å². The zero-order chi connectivity index (χ0) is 19.2. The van der Waals surface area contributed by atoms with Gasteiger partial charge in [-0.3, -0.25) is 9.69 Å². The van der Waals surface area contributed by atoms with Crippen LogP contribution >= 0.6 is 11.8 Å². The molecule has 0 bridgehead atoms. The molecule has 1 saturated heterocycles. The molecule has 0 aromatic heterocycles. The van der Waals surface area contributed by atoms with Crippen LogP contribution in [0.2, 0.25) is 0 Å². The van der Waals surface area contributed by atoms with Crippen LogP contribution in [0.3, 0.4) is 0 Å². The number of benzene rings is 2. The lowest BCUT2D eigenvalue weighted by atomic mass is 9.87. The van der Waals surface area contributed by atoms with Gasteiger partial charge in [-0.25, -0.2) is 0 Å². The van der Waals surface area contributed by atoms with Gasteiger partial charge in [0.15, 0.2) is 0 Å². The van der Waals surface area contributed by atoms with Gasteiger partial charge in [0.2, 0.25) is 5.91 Å². The smallest absolute Gasteiger partial charge is 0.241 e. The summed E-state index contributed by atoms with van der Waals surface area (Å²) in [5.74, 6) is 0.271. The summed E-state index contributed by atoms with van der Waals surface area (Å²) in [5.41, 5.74) is 1.82. The van der Waals surface area contributed by atoms with Crippen LogP contribution in [0.25, 0.3) is 0 Å². The molecular formula is C22H28N2O2S. The average Bonchev–Trinajstić information content (AvgIpc) is 2.73. The molecule has 2 aromatic carbocycles. The molecule has 0 radical (unpaired) electrons. The number of carbonyl (C=O) groups is 1. The molecule has 4 nitrogen and oxygen atoms in total. The van der Waals surface area contributed by atoms with Gasteiger partial charge < -0.3 is 10.4 Å². The van der Waals surface area contributed by atoms with E-state index < -0.39 is 6.10 Å². The molecule has 5 heteroatoms. The molecule has 1 amide bonds. The van der Waals surface area contributed by atoms with E-state index in [-0.39, 0.29) is 17.9 Å². The molecule has 2 aromatic rings. The van der Waals surface area contributed by atoms with Gasteiger partial charge in [-0.15, -0.1) is 11.8 Å². The van der Waals surface area contributed by atoms with Gasteiger partial charge in [0.25, 0.3) is 0 Å². The zero-order valence-corrected chi connectivity index (χ0v) is 16.8. The van der Waals surface area contributed by atoms with Gasteiger partial charge in [0.05, 0.1) is 12.1 Å². The number of anilines is 1. The summed E-state index contributed by atoms with van der Waals surface area (Å²) < 4.78 is 0. The maximum atomic E-state index is 12.6. The Morgan fingerprint density at radius 2 is 1.85 bits per heavy atom. The van der Waals surface area contributed by atoms with Crippen molar-refractivity contribution in [1.82, 2.24) is 4.90 Å². The van der Waals surface area contributed by atoms with Crippen LogP contribution in [-0.2, 0) is 4.79 Å². The minimum atomic E-state index is -0.424. The number of rotatable bonds is 6. The van der Waals surface area contributed by atoms with E-state index >= 15 is 0 Å². The number of hydrogen-bond donors (Lipinski definition) is 2. The van der Waals surface area contributed by atoms with Gasteiger partial charge in [-0.05, 0) is 68.8 Å². The fourth-order valence-corrected chi connectivity index (χ4v) is 4.12. The van der Waals surface area contributed by atoms with E-state index in [4.69, 9.17) is 0 Å². The summed E-state index contributed by atoms with van der Waals surface area (Å²) in [4.78, 5) is 16.0. The predicted octanol–water partition coefficient (Wildman–Crippen LogP) is 4.18. The number of hydrogen-bond acceptors (Lipinski definition) is 4.